The summed E-state index contributed by atoms with van der Waals surface area (Å²) in [7, 11) is -0.374. The van der Waals surface area contributed by atoms with Crippen LogP contribution in [0, 0.1) is 5.92 Å². The maximum atomic E-state index is 14.1. The standard InChI is InChI=1S/C17H25BF2O2/c1-11-12-7-6-10-17(19,20)13(12)8-9-14(11)18-21-15(2,3)16(4,5)22-18/h8-9,11,14H,6-7,10H2,1-5H3. The van der Waals surface area contributed by atoms with Gasteiger partial charge in [-0.05, 0) is 46.5 Å². The smallest absolute Gasteiger partial charge is 0.403 e. The van der Waals surface area contributed by atoms with Crippen molar-refractivity contribution in [2.75, 3.05) is 0 Å². The lowest BCUT2D eigenvalue weighted by molar-refractivity contribution is 0.00578. The normalized spacial score (nSPS) is 35.7. The molecule has 0 aromatic carbocycles. The van der Waals surface area contributed by atoms with E-state index in [1.165, 1.54) is 0 Å². The van der Waals surface area contributed by atoms with Crippen LogP contribution < -0.4 is 0 Å². The molecule has 0 N–H and O–H groups in total. The van der Waals surface area contributed by atoms with E-state index >= 15 is 0 Å². The molecule has 1 saturated heterocycles. The van der Waals surface area contributed by atoms with E-state index in [1.54, 1.807) is 6.08 Å². The molecule has 122 valence electrons. The van der Waals surface area contributed by atoms with Gasteiger partial charge >= 0.3 is 7.12 Å². The van der Waals surface area contributed by atoms with Gasteiger partial charge in [-0.15, -0.1) is 0 Å². The van der Waals surface area contributed by atoms with Crippen molar-refractivity contribution in [3.8, 4) is 0 Å². The van der Waals surface area contributed by atoms with Gasteiger partial charge in [-0.1, -0.05) is 24.6 Å². The predicted molar refractivity (Wildman–Crippen MR) is 84.0 cm³/mol. The van der Waals surface area contributed by atoms with Gasteiger partial charge in [0.15, 0.2) is 0 Å². The Labute approximate surface area is 132 Å². The largest absolute Gasteiger partial charge is 0.465 e. The van der Waals surface area contributed by atoms with Gasteiger partial charge in [0.25, 0.3) is 5.92 Å². The van der Waals surface area contributed by atoms with Crippen molar-refractivity contribution in [2.45, 2.75) is 76.8 Å². The molecule has 2 aliphatic carbocycles. The van der Waals surface area contributed by atoms with Crippen molar-refractivity contribution < 1.29 is 18.1 Å². The van der Waals surface area contributed by atoms with E-state index in [1.807, 2.05) is 40.7 Å². The Morgan fingerprint density at radius 3 is 2.32 bits per heavy atom. The summed E-state index contributed by atoms with van der Waals surface area (Å²) in [5.41, 5.74) is 0.338. The molecule has 22 heavy (non-hydrogen) atoms. The highest BCUT2D eigenvalue weighted by atomic mass is 19.3. The average Bonchev–Trinajstić information content (AvgIpc) is 2.59. The Hall–Kier alpha value is -0.675. The van der Waals surface area contributed by atoms with Crippen molar-refractivity contribution in [1.29, 1.82) is 0 Å². The summed E-state index contributed by atoms with van der Waals surface area (Å²) < 4.78 is 40.4. The molecule has 0 spiro atoms. The van der Waals surface area contributed by atoms with Crippen LogP contribution in [-0.2, 0) is 9.31 Å². The van der Waals surface area contributed by atoms with Gasteiger partial charge in [0.2, 0.25) is 0 Å². The Morgan fingerprint density at radius 2 is 1.73 bits per heavy atom. The molecule has 0 aromatic heterocycles. The van der Waals surface area contributed by atoms with Gasteiger partial charge in [-0.25, -0.2) is 8.78 Å². The summed E-state index contributed by atoms with van der Waals surface area (Å²) in [4.78, 5) is 0. The van der Waals surface area contributed by atoms with Crippen LogP contribution in [0.1, 0.15) is 53.9 Å². The van der Waals surface area contributed by atoms with E-state index in [2.05, 4.69) is 0 Å². The van der Waals surface area contributed by atoms with Crippen LogP contribution in [0.5, 0.6) is 0 Å². The van der Waals surface area contributed by atoms with Crippen molar-refractivity contribution in [2.24, 2.45) is 5.92 Å². The molecule has 2 atom stereocenters. The summed E-state index contributed by atoms with van der Waals surface area (Å²) in [5, 5.41) is 0. The highest BCUT2D eigenvalue weighted by Gasteiger charge is 2.55. The molecule has 0 amide bonds. The number of rotatable bonds is 1. The molecule has 1 fully saturated rings. The topological polar surface area (TPSA) is 18.5 Å². The van der Waals surface area contributed by atoms with E-state index in [-0.39, 0.29) is 30.8 Å². The molecular formula is C17H25BF2O2. The number of hydrogen-bond acceptors (Lipinski definition) is 2. The van der Waals surface area contributed by atoms with E-state index < -0.39 is 17.1 Å². The van der Waals surface area contributed by atoms with E-state index in [0.717, 1.165) is 12.0 Å². The molecule has 0 bridgehead atoms. The van der Waals surface area contributed by atoms with Gasteiger partial charge < -0.3 is 9.31 Å². The number of halogens is 2. The molecule has 1 heterocycles. The SMILES string of the molecule is CC1C2=C(C=CC1B1OC(C)(C)C(C)(C)O1)C(F)(F)CCC2. The zero-order valence-electron chi connectivity index (χ0n) is 14.1. The molecule has 0 aromatic rings. The third-order valence-corrected chi connectivity index (χ3v) is 5.87. The number of alkyl halides is 2. The molecule has 2 unspecified atom stereocenters. The van der Waals surface area contributed by atoms with Crippen LogP contribution in [0.3, 0.4) is 0 Å². The average molecular weight is 310 g/mol. The Kier molecular flexibility index (Phi) is 3.61. The molecular weight excluding hydrogens is 285 g/mol. The molecule has 5 heteroatoms. The Bertz CT molecular complexity index is 521. The van der Waals surface area contributed by atoms with Crippen molar-refractivity contribution in [3.63, 3.8) is 0 Å². The zero-order valence-corrected chi connectivity index (χ0v) is 14.1. The fourth-order valence-electron chi connectivity index (χ4n) is 3.69. The molecule has 3 rings (SSSR count). The van der Waals surface area contributed by atoms with Crippen LogP contribution in [0.25, 0.3) is 0 Å². The number of hydrogen-bond donors (Lipinski definition) is 0. The van der Waals surface area contributed by atoms with E-state index in [4.69, 9.17) is 9.31 Å². The number of allylic oxidation sites excluding steroid dienone is 4. The first-order valence-corrected chi connectivity index (χ1v) is 8.20. The summed E-state index contributed by atoms with van der Waals surface area (Å²) in [6, 6.07) is 0. The lowest BCUT2D eigenvalue weighted by Crippen LogP contribution is -2.41. The minimum atomic E-state index is -2.68. The lowest BCUT2D eigenvalue weighted by atomic mass is 9.59. The maximum absolute atomic E-state index is 14.1. The minimum Gasteiger partial charge on any atom is -0.403 e. The monoisotopic (exact) mass is 310 g/mol. The van der Waals surface area contributed by atoms with Crippen LogP contribution in [0.15, 0.2) is 23.3 Å². The van der Waals surface area contributed by atoms with Crippen LogP contribution in [-0.4, -0.2) is 24.2 Å². The summed E-state index contributed by atoms with van der Waals surface area (Å²) in [6.07, 6.45) is 4.76. The summed E-state index contributed by atoms with van der Waals surface area (Å²) in [5.74, 6) is -2.66. The van der Waals surface area contributed by atoms with Crippen molar-refractivity contribution in [1.82, 2.24) is 0 Å². The predicted octanol–water partition coefficient (Wildman–Crippen LogP) is 4.77. The fourth-order valence-corrected chi connectivity index (χ4v) is 3.69. The molecule has 1 aliphatic heterocycles. The van der Waals surface area contributed by atoms with E-state index in [0.29, 0.717) is 6.42 Å². The van der Waals surface area contributed by atoms with Crippen LogP contribution in [0.2, 0.25) is 5.82 Å². The van der Waals surface area contributed by atoms with Crippen LogP contribution >= 0.6 is 0 Å². The molecule has 3 aliphatic rings. The van der Waals surface area contributed by atoms with Crippen molar-refractivity contribution in [3.05, 3.63) is 23.3 Å². The third kappa shape index (κ3) is 2.37. The quantitative estimate of drug-likeness (QED) is 0.650. The van der Waals surface area contributed by atoms with Gasteiger partial charge in [0, 0.05) is 17.8 Å². The van der Waals surface area contributed by atoms with E-state index in [9.17, 15) is 8.78 Å². The molecule has 0 saturated carbocycles. The lowest BCUT2D eigenvalue weighted by Gasteiger charge is -2.36. The first kappa shape index (κ1) is 16.2. The van der Waals surface area contributed by atoms with Crippen LogP contribution in [0.4, 0.5) is 8.78 Å². The first-order valence-electron chi connectivity index (χ1n) is 8.20. The second-order valence-corrected chi connectivity index (χ2v) is 7.85. The minimum absolute atomic E-state index is 0.00583. The van der Waals surface area contributed by atoms with Gasteiger partial charge in [-0.2, -0.15) is 0 Å². The molecule has 2 nitrogen and oxygen atoms in total. The Balaban J connectivity index is 1.86. The second kappa shape index (κ2) is 4.91. The molecule has 0 radical (unpaired) electrons. The maximum Gasteiger partial charge on any atom is 0.465 e. The summed E-state index contributed by atoms with van der Waals surface area (Å²) >= 11 is 0. The highest BCUT2D eigenvalue weighted by molar-refractivity contribution is 6.48. The second-order valence-electron chi connectivity index (χ2n) is 7.85. The van der Waals surface area contributed by atoms with Gasteiger partial charge in [-0.3, -0.25) is 0 Å². The fraction of sp³-hybridized carbons (Fsp3) is 0.765. The Morgan fingerprint density at radius 1 is 1.14 bits per heavy atom. The van der Waals surface area contributed by atoms with Gasteiger partial charge in [0.05, 0.1) is 11.2 Å². The van der Waals surface area contributed by atoms with Gasteiger partial charge in [0.1, 0.15) is 0 Å². The first-order chi connectivity index (χ1) is 10.1. The third-order valence-electron chi connectivity index (χ3n) is 5.87. The van der Waals surface area contributed by atoms with Crippen molar-refractivity contribution >= 4 is 7.12 Å². The zero-order chi connectivity index (χ0) is 16.3. The summed E-state index contributed by atoms with van der Waals surface area (Å²) in [6.45, 7) is 10.1. The highest BCUT2D eigenvalue weighted by Crippen LogP contribution is 2.50.